The average Bonchev–Trinajstić information content (AvgIpc) is 3.40. The number of fused-ring (bicyclic) bond motifs is 3. The second-order valence-corrected chi connectivity index (χ2v) is 9.43. The van der Waals surface area contributed by atoms with Gasteiger partial charge in [0, 0.05) is 34.5 Å². The number of nitrogens with one attached hydrogen (secondary N) is 2. The van der Waals surface area contributed by atoms with Gasteiger partial charge >= 0.3 is 5.97 Å². The molecule has 0 aliphatic heterocycles. The topological polar surface area (TPSA) is 94.7 Å². The van der Waals surface area contributed by atoms with Crippen LogP contribution in [0.2, 0.25) is 0 Å². The van der Waals surface area contributed by atoms with E-state index in [1.54, 1.807) is 20.3 Å². The zero-order chi connectivity index (χ0) is 28.6. The average molecular weight is 552 g/mol. The maximum Gasteiger partial charge on any atom is 0.330 e. The number of carbonyl (C=O) groups is 1. The first-order valence-corrected chi connectivity index (χ1v) is 13.5. The van der Waals surface area contributed by atoms with Gasteiger partial charge in [0.25, 0.3) is 0 Å². The van der Waals surface area contributed by atoms with Crippen LogP contribution in [0.5, 0.6) is 17.2 Å². The summed E-state index contributed by atoms with van der Waals surface area (Å²) in [5, 5.41) is 5.80. The molecule has 0 saturated heterocycles. The molecule has 41 heavy (non-hydrogen) atoms. The molecule has 8 heteroatoms. The molecule has 0 unspecified atom stereocenters. The second kappa shape index (κ2) is 12.9. The van der Waals surface area contributed by atoms with Gasteiger partial charge in [-0.3, -0.25) is 0 Å². The Bertz CT molecular complexity index is 1670. The van der Waals surface area contributed by atoms with E-state index in [1.807, 2.05) is 48.5 Å². The zero-order valence-corrected chi connectivity index (χ0v) is 23.4. The number of nitrogens with zero attached hydrogens (tertiary/aromatic N) is 1. The maximum absolute atomic E-state index is 11.3. The Morgan fingerprint density at radius 2 is 1.73 bits per heavy atom. The predicted molar refractivity (Wildman–Crippen MR) is 163 cm³/mol. The first-order valence-electron chi connectivity index (χ1n) is 13.5. The predicted octanol–water partition coefficient (Wildman–Crippen LogP) is 6.86. The Morgan fingerprint density at radius 1 is 0.902 bits per heavy atom. The summed E-state index contributed by atoms with van der Waals surface area (Å²) in [4.78, 5) is 19.9. The van der Waals surface area contributed by atoms with Crippen molar-refractivity contribution in [2.24, 2.45) is 0 Å². The van der Waals surface area contributed by atoms with Crippen LogP contribution in [0, 0.1) is 0 Å². The Kier molecular flexibility index (Phi) is 8.69. The highest BCUT2D eigenvalue weighted by Crippen LogP contribution is 2.34. The van der Waals surface area contributed by atoms with Gasteiger partial charge < -0.3 is 29.2 Å². The van der Waals surface area contributed by atoms with E-state index in [2.05, 4.69) is 39.3 Å². The summed E-state index contributed by atoms with van der Waals surface area (Å²) in [6, 6.07) is 23.9. The number of ether oxygens (including phenoxy) is 4. The fraction of sp³-hybridized carbons (Fsp3) is 0.212. The molecule has 0 amide bonds. The van der Waals surface area contributed by atoms with E-state index in [0.29, 0.717) is 18.1 Å². The van der Waals surface area contributed by atoms with Crippen molar-refractivity contribution in [3.05, 3.63) is 84.4 Å². The monoisotopic (exact) mass is 551 g/mol. The van der Waals surface area contributed by atoms with Gasteiger partial charge in [0.15, 0.2) is 11.5 Å². The summed E-state index contributed by atoms with van der Waals surface area (Å²) in [5.41, 5.74) is 4.81. The maximum atomic E-state index is 11.3. The molecule has 0 radical (unpaired) electrons. The molecule has 2 heterocycles. The highest BCUT2D eigenvalue weighted by Gasteiger charge is 2.14. The smallest absolute Gasteiger partial charge is 0.330 e. The Labute approximate surface area is 238 Å². The Morgan fingerprint density at radius 3 is 2.51 bits per heavy atom. The number of rotatable bonds is 12. The standard InChI is InChI=1S/C33H33N3O5/c1-38-24-14-12-23(13-15-24)32-33-26(25-8-4-5-9-27(25)35-33)21-30(36-32)34-18-6-7-19-41-28-16-10-22(20-29(28)39-2)11-17-31(37)40-3/h4-5,8-17,20-21,35H,6-7,18-19H2,1-3H3,(H,34,36)/b17-11+. The molecular formula is C33H33N3O5. The molecule has 5 aromatic rings. The van der Waals surface area contributed by atoms with E-state index < -0.39 is 5.97 Å². The number of pyridine rings is 1. The van der Waals surface area contributed by atoms with Crippen molar-refractivity contribution in [2.45, 2.75) is 12.8 Å². The molecular weight excluding hydrogens is 518 g/mol. The van der Waals surface area contributed by atoms with Crippen molar-refractivity contribution < 1.29 is 23.7 Å². The number of hydrogen-bond acceptors (Lipinski definition) is 7. The van der Waals surface area contributed by atoms with Gasteiger partial charge in [-0.2, -0.15) is 0 Å². The minimum atomic E-state index is -0.411. The van der Waals surface area contributed by atoms with Crippen molar-refractivity contribution in [3.63, 3.8) is 0 Å². The molecule has 3 aromatic carbocycles. The SMILES string of the molecule is COC(=O)/C=C/c1ccc(OCCCCNc2cc3c([nH]c4ccccc43)c(-c3ccc(OC)cc3)n2)c(OC)c1. The van der Waals surface area contributed by atoms with Crippen LogP contribution in [0.3, 0.4) is 0 Å². The van der Waals surface area contributed by atoms with Crippen molar-refractivity contribution in [1.82, 2.24) is 9.97 Å². The third-order valence-corrected chi connectivity index (χ3v) is 6.80. The van der Waals surface area contributed by atoms with Crippen molar-refractivity contribution in [2.75, 3.05) is 39.8 Å². The molecule has 5 rings (SSSR count). The highest BCUT2D eigenvalue weighted by atomic mass is 16.5. The van der Waals surface area contributed by atoms with Gasteiger partial charge in [0.05, 0.1) is 39.1 Å². The van der Waals surface area contributed by atoms with Gasteiger partial charge in [-0.25, -0.2) is 9.78 Å². The fourth-order valence-electron chi connectivity index (χ4n) is 4.66. The normalized spacial score (nSPS) is 11.2. The first-order chi connectivity index (χ1) is 20.1. The molecule has 0 bridgehead atoms. The van der Waals surface area contributed by atoms with Crippen LogP contribution < -0.4 is 19.5 Å². The molecule has 0 saturated carbocycles. The van der Waals surface area contributed by atoms with Gasteiger partial charge in [-0.1, -0.05) is 24.3 Å². The number of benzene rings is 3. The second-order valence-electron chi connectivity index (χ2n) is 9.43. The summed E-state index contributed by atoms with van der Waals surface area (Å²) in [7, 11) is 4.61. The number of aromatic amines is 1. The number of anilines is 1. The lowest BCUT2D eigenvalue weighted by Crippen LogP contribution is -2.07. The number of para-hydroxylation sites is 1. The molecule has 0 spiro atoms. The highest BCUT2D eigenvalue weighted by molar-refractivity contribution is 6.11. The molecule has 0 aliphatic rings. The van der Waals surface area contributed by atoms with Crippen LogP contribution in [-0.4, -0.2) is 50.4 Å². The summed E-state index contributed by atoms with van der Waals surface area (Å²) in [6.45, 7) is 1.29. The number of H-pyrrole nitrogens is 1. The molecule has 0 aliphatic carbocycles. The third kappa shape index (κ3) is 6.44. The Hall–Kier alpha value is -4.98. The lowest BCUT2D eigenvalue weighted by atomic mass is 10.1. The number of hydrogen-bond donors (Lipinski definition) is 2. The molecule has 0 atom stereocenters. The van der Waals surface area contributed by atoms with Gasteiger partial charge in [-0.05, 0) is 73.0 Å². The molecule has 2 aromatic heterocycles. The van der Waals surface area contributed by atoms with Crippen molar-refractivity contribution >= 4 is 39.7 Å². The molecule has 210 valence electrons. The fourth-order valence-corrected chi connectivity index (χ4v) is 4.66. The van der Waals surface area contributed by atoms with E-state index >= 15 is 0 Å². The zero-order valence-electron chi connectivity index (χ0n) is 23.4. The van der Waals surface area contributed by atoms with E-state index in [0.717, 1.165) is 69.6 Å². The number of esters is 1. The quantitative estimate of drug-likeness (QED) is 0.0994. The number of unbranched alkanes of at least 4 members (excludes halogenated alkanes) is 1. The Balaban J connectivity index is 1.23. The van der Waals surface area contributed by atoms with E-state index in [9.17, 15) is 4.79 Å². The van der Waals surface area contributed by atoms with Crippen LogP contribution in [0.1, 0.15) is 18.4 Å². The minimum Gasteiger partial charge on any atom is -0.497 e. The summed E-state index contributed by atoms with van der Waals surface area (Å²) >= 11 is 0. The summed E-state index contributed by atoms with van der Waals surface area (Å²) < 4.78 is 21.4. The number of methoxy groups -OCH3 is 3. The lowest BCUT2D eigenvalue weighted by molar-refractivity contribution is -0.134. The number of carbonyl (C=O) groups excluding carboxylic acids is 1. The summed E-state index contributed by atoms with van der Waals surface area (Å²) in [6.07, 6.45) is 4.79. The van der Waals surface area contributed by atoms with Gasteiger partial charge in [0.2, 0.25) is 0 Å². The molecule has 0 fully saturated rings. The molecule has 8 nitrogen and oxygen atoms in total. The van der Waals surface area contributed by atoms with E-state index in [-0.39, 0.29) is 0 Å². The largest absolute Gasteiger partial charge is 0.497 e. The van der Waals surface area contributed by atoms with E-state index in [1.165, 1.54) is 13.2 Å². The van der Waals surface area contributed by atoms with Crippen LogP contribution in [-0.2, 0) is 9.53 Å². The van der Waals surface area contributed by atoms with Crippen molar-refractivity contribution in [3.8, 4) is 28.5 Å². The number of aromatic nitrogens is 2. The minimum absolute atomic E-state index is 0.411. The lowest BCUT2D eigenvalue weighted by Gasteiger charge is -2.12. The summed E-state index contributed by atoms with van der Waals surface area (Å²) in [5.74, 6) is 2.49. The first kappa shape index (κ1) is 27.6. The van der Waals surface area contributed by atoms with Crippen LogP contribution in [0.15, 0.2) is 78.9 Å². The van der Waals surface area contributed by atoms with Crippen molar-refractivity contribution in [1.29, 1.82) is 0 Å². The van der Waals surface area contributed by atoms with Crippen LogP contribution >= 0.6 is 0 Å². The third-order valence-electron chi connectivity index (χ3n) is 6.80. The van der Waals surface area contributed by atoms with Crippen LogP contribution in [0.4, 0.5) is 5.82 Å². The van der Waals surface area contributed by atoms with Gasteiger partial charge in [-0.15, -0.1) is 0 Å². The van der Waals surface area contributed by atoms with E-state index in [4.69, 9.17) is 19.2 Å². The van der Waals surface area contributed by atoms with Gasteiger partial charge in [0.1, 0.15) is 11.6 Å². The van der Waals surface area contributed by atoms with Crippen LogP contribution in [0.25, 0.3) is 39.1 Å². The molecule has 2 N–H and O–H groups in total.